The number of urea groups is 1. The highest BCUT2D eigenvalue weighted by molar-refractivity contribution is 5.92. The summed E-state index contributed by atoms with van der Waals surface area (Å²) in [6, 6.07) is 2.70. The van der Waals surface area contributed by atoms with Gasteiger partial charge in [-0.05, 0) is 35.9 Å². The molecular weight excluding hydrogens is 498 g/mol. The maximum absolute atomic E-state index is 13.7. The molecule has 1 saturated heterocycles. The molecule has 2 aromatic rings. The zero-order valence-corrected chi connectivity index (χ0v) is 18.6. The Balaban J connectivity index is 0.00000408. The molecule has 0 radical (unpaired) electrons. The SMILES string of the molecule is CN(C(=O)N(C)[C@@H]1CNC[C@H]1c1ccc(F)c(F)c1)c1cc(C(F)(F)F)cc(C(F)(F)F)c1.Cl. The Labute approximate surface area is 195 Å². The van der Waals surface area contributed by atoms with Crippen molar-refractivity contribution in [3.63, 3.8) is 0 Å². The van der Waals surface area contributed by atoms with Gasteiger partial charge in [-0.1, -0.05) is 6.07 Å². The predicted octanol–water partition coefficient (Wildman–Crippen LogP) is 5.67. The van der Waals surface area contributed by atoms with Crippen LogP contribution >= 0.6 is 12.4 Å². The van der Waals surface area contributed by atoms with E-state index in [1.165, 1.54) is 13.1 Å². The zero-order chi connectivity index (χ0) is 24.7. The van der Waals surface area contributed by atoms with Crippen LogP contribution in [0.15, 0.2) is 36.4 Å². The quantitative estimate of drug-likeness (QED) is 0.533. The molecule has 0 unspecified atom stereocenters. The van der Waals surface area contributed by atoms with Crippen molar-refractivity contribution in [1.29, 1.82) is 0 Å². The first-order valence-electron chi connectivity index (χ1n) is 9.66. The van der Waals surface area contributed by atoms with Crippen molar-refractivity contribution < 1.29 is 39.9 Å². The number of amides is 2. The minimum Gasteiger partial charge on any atom is -0.322 e. The molecule has 1 heterocycles. The fraction of sp³-hybridized carbons (Fsp3) is 0.381. The number of hydrogen-bond acceptors (Lipinski definition) is 2. The van der Waals surface area contributed by atoms with Crippen molar-refractivity contribution in [2.75, 3.05) is 32.1 Å². The number of benzene rings is 2. The summed E-state index contributed by atoms with van der Waals surface area (Å²) >= 11 is 0. The van der Waals surface area contributed by atoms with Crippen LogP contribution in [0.1, 0.15) is 22.6 Å². The topological polar surface area (TPSA) is 35.6 Å². The van der Waals surface area contributed by atoms with Crippen molar-refractivity contribution in [3.8, 4) is 0 Å². The van der Waals surface area contributed by atoms with Crippen LogP contribution in [0.4, 0.5) is 45.6 Å². The summed E-state index contributed by atoms with van der Waals surface area (Å²) in [5, 5.41) is 3.00. The fourth-order valence-electron chi connectivity index (χ4n) is 3.78. The molecule has 1 N–H and O–H groups in total. The summed E-state index contributed by atoms with van der Waals surface area (Å²) in [5.41, 5.74) is -3.29. The van der Waals surface area contributed by atoms with Crippen LogP contribution in [-0.4, -0.2) is 44.2 Å². The molecule has 0 aliphatic carbocycles. The van der Waals surface area contributed by atoms with Crippen molar-refractivity contribution in [2.24, 2.45) is 0 Å². The third-order valence-electron chi connectivity index (χ3n) is 5.60. The second kappa shape index (κ2) is 9.95. The molecule has 2 amide bonds. The largest absolute Gasteiger partial charge is 0.416 e. The van der Waals surface area contributed by atoms with Crippen LogP contribution in [-0.2, 0) is 12.4 Å². The van der Waals surface area contributed by atoms with Gasteiger partial charge in [0.2, 0.25) is 0 Å². The number of carbonyl (C=O) groups excluding carboxylic acids is 1. The number of hydrogen-bond donors (Lipinski definition) is 1. The van der Waals surface area contributed by atoms with Gasteiger partial charge in [0, 0.05) is 38.8 Å². The maximum atomic E-state index is 13.7. The highest BCUT2D eigenvalue weighted by Crippen LogP contribution is 2.38. The molecule has 1 fully saturated rings. The van der Waals surface area contributed by atoms with Crippen LogP contribution < -0.4 is 10.2 Å². The van der Waals surface area contributed by atoms with Gasteiger partial charge in [0.05, 0.1) is 17.2 Å². The number of nitrogens with zero attached hydrogens (tertiary/aromatic N) is 2. The van der Waals surface area contributed by atoms with E-state index >= 15 is 0 Å². The van der Waals surface area contributed by atoms with E-state index in [2.05, 4.69) is 5.32 Å². The molecular formula is C21H20ClF8N3O. The van der Waals surface area contributed by atoms with E-state index in [0.717, 1.165) is 24.1 Å². The van der Waals surface area contributed by atoms with Crippen LogP contribution in [0.25, 0.3) is 0 Å². The summed E-state index contributed by atoms with van der Waals surface area (Å²) in [5.74, 6) is -2.60. The van der Waals surface area contributed by atoms with Crippen LogP contribution in [0.5, 0.6) is 0 Å². The number of halogens is 9. The molecule has 1 aliphatic rings. The van der Waals surface area contributed by atoms with E-state index in [-0.39, 0.29) is 25.0 Å². The Morgan fingerprint density at radius 1 is 0.882 bits per heavy atom. The van der Waals surface area contributed by atoms with Gasteiger partial charge >= 0.3 is 18.4 Å². The minimum absolute atomic E-state index is 0. The van der Waals surface area contributed by atoms with Crippen molar-refractivity contribution in [1.82, 2.24) is 10.2 Å². The molecule has 13 heteroatoms. The summed E-state index contributed by atoms with van der Waals surface area (Å²) < 4.78 is 106. The number of nitrogens with one attached hydrogen (secondary N) is 1. The average Bonchev–Trinajstić information content (AvgIpc) is 3.22. The lowest BCUT2D eigenvalue weighted by molar-refractivity contribution is -0.143. The van der Waals surface area contributed by atoms with Crippen molar-refractivity contribution in [3.05, 3.63) is 64.7 Å². The van der Waals surface area contributed by atoms with Crippen molar-refractivity contribution >= 4 is 24.1 Å². The van der Waals surface area contributed by atoms with Gasteiger partial charge in [0.15, 0.2) is 11.6 Å². The Bertz CT molecular complexity index is 1010. The number of alkyl halides is 6. The lowest BCUT2D eigenvalue weighted by atomic mass is 9.93. The van der Waals surface area contributed by atoms with Gasteiger partial charge in [-0.25, -0.2) is 13.6 Å². The molecule has 1 aliphatic heterocycles. The molecule has 0 bridgehead atoms. The number of rotatable bonds is 3. The Morgan fingerprint density at radius 2 is 1.44 bits per heavy atom. The molecule has 0 aromatic heterocycles. The van der Waals surface area contributed by atoms with Gasteiger partial charge in [0.25, 0.3) is 0 Å². The van der Waals surface area contributed by atoms with Crippen molar-refractivity contribution in [2.45, 2.75) is 24.3 Å². The summed E-state index contributed by atoms with van der Waals surface area (Å²) in [4.78, 5) is 14.8. The monoisotopic (exact) mass is 517 g/mol. The van der Waals surface area contributed by atoms with Gasteiger partial charge in [-0.2, -0.15) is 26.3 Å². The summed E-state index contributed by atoms with van der Waals surface area (Å²) in [6.07, 6.45) is -10.1. The molecule has 4 nitrogen and oxygen atoms in total. The lowest BCUT2D eigenvalue weighted by Crippen LogP contribution is -2.47. The Hall–Kier alpha value is -2.60. The van der Waals surface area contributed by atoms with Gasteiger partial charge in [0.1, 0.15) is 0 Å². The molecule has 2 atom stereocenters. The molecule has 2 aromatic carbocycles. The molecule has 0 saturated carbocycles. The first kappa shape index (κ1) is 27.6. The van der Waals surface area contributed by atoms with Crippen LogP contribution in [0.2, 0.25) is 0 Å². The third-order valence-corrected chi connectivity index (χ3v) is 5.60. The average molecular weight is 518 g/mol. The van der Waals surface area contributed by atoms with E-state index < -0.39 is 58.8 Å². The molecule has 34 heavy (non-hydrogen) atoms. The smallest absolute Gasteiger partial charge is 0.322 e. The third kappa shape index (κ3) is 5.72. The van der Waals surface area contributed by atoms with E-state index in [1.54, 1.807) is 0 Å². The van der Waals surface area contributed by atoms with Crippen LogP contribution in [0, 0.1) is 11.6 Å². The van der Waals surface area contributed by atoms with E-state index in [0.29, 0.717) is 29.1 Å². The number of likely N-dealkylation sites (N-methyl/N-ethyl adjacent to an activating group) is 1. The van der Waals surface area contributed by atoms with Gasteiger partial charge in [-0.15, -0.1) is 12.4 Å². The van der Waals surface area contributed by atoms with E-state index in [9.17, 15) is 39.9 Å². The number of anilines is 1. The van der Waals surface area contributed by atoms with Crippen LogP contribution in [0.3, 0.4) is 0 Å². The highest BCUT2D eigenvalue weighted by atomic mass is 35.5. The standard InChI is InChI=1S/C21H19F8N3O.ClH/c1-31(14-7-12(20(24,25)26)6-13(8-14)21(27,28)29)19(33)32(2)18-10-30-9-15(18)11-3-4-16(22)17(23)5-11;/h3-8,15,18,30H,9-10H2,1-2H3;1H/t15-,18+;/m0./s1. The predicted molar refractivity (Wildman–Crippen MR) is 111 cm³/mol. The Kier molecular flexibility index (Phi) is 8.09. The number of carbonyl (C=O) groups is 1. The summed E-state index contributed by atoms with van der Waals surface area (Å²) in [6.45, 7) is 0.537. The molecule has 0 spiro atoms. The maximum Gasteiger partial charge on any atom is 0.416 e. The van der Waals surface area contributed by atoms with E-state index in [4.69, 9.17) is 0 Å². The first-order chi connectivity index (χ1) is 15.2. The minimum atomic E-state index is -5.06. The lowest BCUT2D eigenvalue weighted by Gasteiger charge is -2.33. The molecule has 3 rings (SSSR count). The zero-order valence-electron chi connectivity index (χ0n) is 17.8. The van der Waals surface area contributed by atoms with E-state index in [1.807, 2.05) is 0 Å². The normalized spacial score (nSPS) is 18.4. The second-order valence-corrected chi connectivity index (χ2v) is 7.72. The highest BCUT2D eigenvalue weighted by Gasteiger charge is 2.39. The fourth-order valence-corrected chi connectivity index (χ4v) is 3.78. The first-order valence-corrected chi connectivity index (χ1v) is 9.66. The Morgan fingerprint density at radius 3 is 1.94 bits per heavy atom. The summed E-state index contributed by atoms with van der Waals surface area (Å²) in [7, 11) is 2.39. The molecule has 188 valence electrons. The second-order valence-electron chi connectivity index (χ2n) is 7.72. The van der Waals surface area contributed by atoms with Gasteiger partial charge < -0.3 is 10.2 Å². The van der Waals surface area contributed by atoms with Gasteiger partial charge in [-0.3, -0.25) is 4.90 Å².